The second kappa shape index (κ2) is 9.59. The summed E-state index contributed by atoms with van der Waals surface area (Å²) in [6, 6.07) is 6.70. The third-order valence-electron chi connectivity index (χ3n) is 4.96. The Bertz CT molecular complexity index is 798. The van der Waals surface area contributed by atoms with E-state index in [4.69, 9.17) is 9.73 Å². The van der Waals surface area contributed by atoms with E-state index in [1.54, 1.807) is 0 Å². The number of hydrogen-bond donors (Lipinski definition) is 2. The van der Waals surface area contributed by atoms with Crippen LogP contribution >= 0.6 is 0 Å². The number of guanidine groups is 1. The molecular formula is C21H32N6O. The van der Waals surface area contributed by atoms with Crippen molar-refractivity contribution in [1.29, 1.82) is 0 Å². The first-order valence-electron chi connectivity index (χ1n) is 9.98. The summed E-state index contributed by atoms with van der Waals surface area (Å²) in [7, 11) is 6.09. The lowest BCUT2D eigenvalue weighted by Gasteiger charge is -2.22. The number of nitrogens with one attached hydrogen (secondary N) is 2. The molecule has 1 atom stereocenters. The molecule has 2 aromatic rings. The van der Waals surface area contributed by atoms with Gasteiger partial charge >= 0.3 is 0 Å². The van der Waals surface area contributed by atoms with Crippen LogP contribution in [0.1, 0.15) is 29.7 Å². The van der Waals surface area contributed by atoms with Gasteiger partial charge in [-0.2, -0.15) is 5.10 Å². The lowest BCUT2D eigenvalue weighted by Crippen LogP contribution is -2.39. The Balaban J connectivity index is 1.57. The van der Waals surface area contributed by atoms with E-state index >= 15 is 0 Å². The molecule has 28 heavy (non-hydrogen) atoms. The summed E-state index contributed by atoms with van der Waals surface area (Å²) in [6.45, 7) is 5.23. The molecule has 0 aliphatic carbocycles. The van der Waals surface area contributed by atoms with Crippen LogP contribution in [0.4, 0.5) is 0 Å². The summed E-state index contributed by atoms with van der Waals surface area (Å²) >= 11 is 0. The molecule has 0 fully saturated rings. The zero-order chi connectivity index (χ0) is 19.9. The van der Waals surface area contributed by atoms with E-state index in [0.717, 1.165) is 44.2 Å². The number of fused-ring (bicyclic) bond motifs is 1. The van der Waals surface area contributed by atoms with Gasteiger partial charge in [0.15, 0.2) is 5.96 Å². The number of likely N-dealkylation sites (N-methyl/N-ethyl adjacent to an activating group) is 1. The van der Waals surface area contributed by atoms with Crippen molar-refractivity contribution in [2.24, 2.45) is 12.0 Å². The normalized spacial score (nSPS) is 14.7. The van der Waals surface area contributed by atoms with Crippen LogP contribution in [0.25, 0.3) is 0 Å². The summed E-state index contributed by atoms with van der Waals surface area (Å²) in [5, 5.41) is 11.1. The van der Waals surface area contributed by atoms with Crippen molar-refractivity contribution in [3.8, 4) is 5.75 Å². The van der Waals surface area contributed by atoms with Crippen molar-refractivity contribution < 1.29 is 4.74 Å². The van der Waals surface area contributed by atoms with E-state index in [2.05, 4.69) is 66.0 Å². The molecule has 0 amide bonds. The van der Waals surface area contributed by atoms with E-state index in [1.807, 2.05) is 17.9 Å². The largest absolute Gasteiger partial charge is 0.493 e. The van der Waals surface area contributed by atoms with Gasteiger partial charge in [0, 0.05) is 38.3 Å². The molecule has 1 aromatic carbocycles. The molecule has 0 radical (unpaired) electrons. The van der Waals surface area contributed by atoms with Crippen LogP contribution < -0.4 is 15.4 Å². The molecule has 152 valence electrons. The van der Waals surface area contributed by atoms with E-state index < -0.39 is 0 Å². The Morgan fingerprint density at radius 3 is 2.93 bits per heavy atom. The van der Waals surface area contributed by atoms with Gasteiger partial charge in [-0.25, -0.2) is 0 Å². The molecule has 1 unspecified atom stereocenters. The predicted molar refractivity (Wildman–Crippen MR) is 113 cm³/mol. The number of aryl methyl sites for hydroxylation is 1. The summed E-state index contributed by atoms with van der Waals surface area (Å²) < 4.78 is 7.42. The third-order valence-corrected chi connectivity index (χ3v) is 4.96. The van der Waals surface area contributed by atoms with Gasteiger partial charge in [-0.3, -0.25) is 9.67 Å². The molecule has 0 spiro atoms. The molecule has 2 N–H and O–H groups in total. The van der Waals surface area contributed by atoms with Gasteiger partial charge in [0.2, 0.25) is 0 Å². The van der Waals surface area contributed by atoms with Crippen molar-refractivity contribution in [2.45, 2.75) is 25.8 Å². The minimum absolute atomic E-state index is 0.195. The van der Waals surface area contributed by atoms with Gasteiger partial charge in [0.25, 0.3) is 0 Å². The third kappa shape index (κ3) is 5.25. The maximum Gasteiger partial charge on any atom is 0.191 e. The fourth-order valence-corrected chi connectivity index (χ4v) is 3.42. The van der Waals surface area contributed by atoms with Crippen molar-refractivity contribution >= 4 is 5.96 Å². The molecule has 1 aliphatic heterocycles. The topological polar surface area (TPSA) is 66.7 Å². The van der Waals surface area contributed by atoms with E-state index in [9.17, 15) is 0 Å². The average molecular weight is 385 g/mol. The Morgan fingerprint density at radius 1 is 1.36 bits per heavy atom. The molecule has 7 nitrogen and oxygen atoms in total. The summed E-state index contributed by atoms with van der Waals surface area (Å²) in [5.41, 5.74) is 3.82. The van der Waals surface area contributed by atoms with Crippen LogP contribution in [-0.4, -0.2) is 61.0 Å². The van der Waals surface area contributed by atoms with Crippen molar-refractivity contribution in [3.63, 3.8) is 0 Å². The molecule has 3 rings (SSSR count). The second-order valence-electron chi connectivity index (χ2n) is 7.36. The number of rotatable bonds is 8. The van der Waals surface area contributed by atoms with Crippen LogP contribution in [0.5, 0.6) is 5.75 Å². The van der Waals surface area contributed by atoms with Gasteiger partial charge in [-0.05, 0) is 44.6 Å². The fourth-order valence-electron chi connectivity index (χ4n) is 3.42. The minimum atomic E-state index is 0.195. The lowest BCUT2D eigenvalue weighted by atomic mass is 10.1. The van der Waals surface area contributed by atoms with E-state index in [0.29, 0.717) is 6.54 Å². The zero-order valence-electron chi connectivity index (χ0n) is 17.4. The number of ether oxygens (including phenoxy) is 1. The molecule has 1 aromatic heterocycles. The number of benzene rings is 1. The van der Waals surface area contributed by atoms with Gasteiger partial charge < -0.3 is 20.3 Å². The number of aliphatic imine (C=N–C) groups is 1. The molecule has 0 saturated heterocycles. The summed E-state index contributed by atoms with van der Waals surface area (Å²) in [6.07, 6.45) is 5.94. The molecular weight excluding hydrogens is 352 g/mol. The predicted octanol–water partition coefficient (Wildman–Crippen LogP) is 1.76. The smallest absolute Gasteiger partial charge is 0.191 e. The highest BCUT2D eigenvalue weighted by atomic mass is 16.5. The van der Waals surface area contributed by atoms with E-state index in [1.165, 1.54) is 16.7 Å². The number of nitrogens with zero attached hydrogens (tertiary/aromatic N) is 4. The summed E-state index contributed by atoms with van der Waals surface area (Å²) in [5.74, 6) is 1.89. The van der Waals surface area contributed by atoms with Gasteiger partial charge in [-0.15, -0.1) is 0 Å². The standard InChI is InChI=1S/C21H32N6O/c1-5-22-21(24-14-19(26(2)3)18-13-25-27(4)15-18)23-10-8-16-6-7-20-17(12-16)9-11-28-20/h6-7,12-13,15,19H,5,8-11,14H2,1-4H3,(H2,22,23,24). The molecule has 7 heteroatoms. The Morgan fingerprint density at radius 2 is 2.21 bits per heavy atom. The Hall–Kier alpha value is -2.54. The maximum atomic E-state index is 5.58. The van der Waals surface area contributed by atoms with Crippen LogP contribution in [0, 0.1) is 0 Å². The van der Waals surface area contributed by atoms with Crippen LogP contribution in [0.3, 0.4) is 0 Å². The fraction of sp³-hybridized carbons (Fsp3) is 0.524. The van der Waals surface area contributed by atoms with Gasteiger partial charge in [0.05, 0.1) is 25.4 Å². The Kier molecular flexibility index (Phi) is 6.92. The Labute approximate surface area is 167 Å². The van der Waals surface area contributed by atoms with E-state index in [-0.39, 0.29) is 6.04 Å². The second-order valence-corrected chi connectivity index (χ2v) is 7.36. The minimum Gasteiger partial charge on any atom is -0.493 e. The first kappa shape index (κ1) is 20.2. The van der Waals surface area contributed by atoms with Gasteiger partial charge in [-0.1, -0.05) is 12.1 Å². The monoisotopic (exact) mass is 384 g/mol. The average Bonchev–Trinajstić information content (AvgIpc) is 3.30. The first-order valence-corrected chi connectivity index (χ1v) is 9.98. The number of hydrogen-bond acceptors (Lipinski definition) is 4. The van der Waals surface area contributed by atoms with Crippen LogP contribution in [0.15, 0.2) is 35.6 Å². The highest BCUT2D eigenvalue weighted by Gasteiger charge is 2.16. The van der Waals surface area contributed by atoms with Crippen molar-refractivity contribution in [3.05, 3.63) is 47.3 Å². The number of aromatic nitrogens is 2. The molecule has 1 aliphatic rings. The van der Waals surface area contributed by atoms with Crippen molar-refractivity contribution in [2.75, 3.05) is 40.3 Å². The lowest BCUT2D eigenvalue weighted by molar-refractivity contribution is 0.306. The van der Waals surface area contributed by atoms with Crippen molar-refractivity contribution in [1.82, 2.24) is 25.3 Å². The molecule has 0 bridgehead atoms. The zero-order valence-corrected chi connectivity index (χ0v) is 17.4. The van der Waals surface area contributed by atoms with Crippen LogP contribution in [-0.2, 0) is 19.9 Å². The highest BCUT2D eigenvalue weighted by Crippen LogP contribution is 2.25. The molecule has 0 saturated carbocycles. The maximum absolute atomic E-state index is 5.58. The van der Waals surface area contributed by atoms with Gasteiger partial charge in [0.1, 0.15) is 5.75 Å². The SMILES string of the molecule is CCNC(=NCC(c1cnn(C)c1)N(C)C)NCCc1ccc2c(c1)CCO2. The quantitative estimate of drug-likeness (QED) is 0.536. The first-order chi connectivity index (χ1) is 13.6. The summed E-state index contributed by atoms with van der Waals surface area (Å²) in [4.78, 5) is 6.98. The highest BCUT2D eigenvalue weighted by molar-refractivity contribution is 5.79. The van der Waals surface area contributed by atoms with Crippen LogP contribution in [0.2, 0.25) is 0 Å². The molecule has 2 heterocycles.